The van der Waals surface area contributed by atoms with Gasteiger partial charge in [-0.15, -0.1) is 0 Å². The van der Waals surface area contributed by atoms with E-state index < -0.39 is 4.92 Å². The first-order valence-electron chi connectivity index (χ1n) is 6.69. The van der Waals surface area contributed by atoms with Gasteiger partial charge >= 0.3 is 0 Å². The summed E-state index contributed by atoms with van der Waals surface area (Å²) >= 11 is 0. The van der Waals surface area contributed by atoms with Gasteiger partial charge in [-0.1, -0.05) is 6.92 Å². The van der Waals surface area contributed by atoms with Gasteiger partial charge in [0.25, 0.3) is 11.6 Å². The molecule has 1 fully saturated rings. The predicted molar refractivity (Wildman–Crippen MR) is 75.5 cm³/mol. The molecule has 20 heavy (non-hydrogen) atoms. The third kappa shape index (κ3) is 2.96. The van der Waals surface area contributed by atoms with E-state index in [-0.39, 0.29) is 23.6 Å². The Bertz CT molecular complexity index is 544. The molecule has 0 aromatic heterocycles. The lowest BCUT2D eigenvalue weighted by atomic mass is 9.94. The number of aryl methyl sites for hydroxylation is 1. The lowest BCUT2D eigenvalue weighted by molar-refractivity contribution is -0.384. The highest BCUT2D eigenvalue weighted by Gasteiger charge is 2.27. The zero-order valence-corrected chi connectivity index (χ0v) is 11.7. The van der Waals surface area contributed by atoms with Crippen molar-refractivity contribution in [3.8, 4) is 0 Å². The SMILES string of the molecule is Cc1cc(C(=O)N2CCC(N)C(C)C2)cc([N+](=O)[O-])c1. The number of benzene rings is 1. The molecular formula is C14H19N3O3. The second-order valence-electron chi connectivity index (χ2n) is 5.50. The Balaban J connectivity index is 2.23. The Hall–Kier alpha value is -1.95. The lowest BCUT2D eigenvalue weighted by Crippen LogP contribution is -2.48. The molecule has 1 aromatic rings. The van der Waals surface area contributed by atoms with E-state index in [4.69, 9.17) is 5.73 Å². The summed E-state index contributed by atoms with van der Waals surface area (Å²) in [6, 6.07) is 4.61. The number of hydrogen-bond donors (Lipinski definition) is 1. The van der Waals surface area contributed by atoms with Crippen LogP contribution < -0.4 is 5.73 Å². The topological polar surface area (TPSA) is 89.5 Å². The molecule has 0 spiro atoms. The maximum absolute atomic E-state index is 12.4. The summed E-state index contributed by atoms with van der Waals surface area (Å²) in [4.78, 5) is 24.6. The van der Waals surface area contributed by atoms with Crippen LogP contribution in [0.25, 0.3) is 0 Å². The van der Waals surface area contributed by atoms with E-state index in [1.807, 2.05) is 6.92 Å². The van der Waals surface area contributed by atoms with Crippen LogP contribution in [0.15, 0.2) is 18.2 Å². The smallest absolute Gasteiger partial charge is 0.270 e. The molecule has 1 saturated heterocycles. The zero-order chi connectivity index (χ0) is 14.9. The minimum absolute atomic E-state index is 0.0462. The van der Waals surface area contributed by atoms with E-state index in [1.54, 1.807) is 17.9 Å². The van der Waals surface area contributed by atoms with Crippen LogP contribution in [0.5, 0.6) is 0 Å². The number of nitrogens with two attached hydrogens (primary N) is 1. The second-order valence-corrected chi connectivity index (χ2v) is 5.50. The number of non-ortho nitro benzene ring substituents is 1. The number of nitro groups is 1. The third-order valence-electron chi connectivity index (χ3n) is 3.78. The van der Waals surface area contributed by atoms with Crippen molar-refractivity contribution in [2.24, 2.45) is 11.7 Å². The van der Waals surface area contributed by atoms with Crippen molar-refractivity contribution < 1.29 is 9.72 Å². The van der Waals surface area contributed by atoms with Crippen LogP contribution in [0.4, 0.5) is 5.69 Å². The largest absolute Gasteiger partial charge is 0.338 e. The molecule has 1 amide bonds. The summed E-state index contributed by atoms with van der Waals surface area (Å²) in [5.74, 6) is 0.0862. The fourth-order valence-electron chi connectivity index (χ4n) is 2.52. The third-order valence-corrected chi connectivity index (χ3v) is 3.78. The normalized spacial score (nSPS) is 22.6. The number of amides is 1. The van der Waals surface area contributed by atoms with Gasteiger partial charge in [-0.05, 0) is 30.9 Å². The molecule has 108 valence electrons. The van der Waals surface area contributed by atoms with Gasteiger partial charge in [0, 0.05) is 36.8 Å². The molecule has 1 aliphatic heterocycles. The van der Waals surface area contributed by atoms with Gasteiger partial charge in [-0.2, -0.15) is 0 Å². The maximum atomic E-state index is 12.4. The first-order valence-corrected chi connectivity index (χ1v) is 6.69. The van der Waals surface area contributed by atoms with Crippen LogP contribution in [0.1, 0.15) is 29.3 Å². The molecule has 2 rings (SSSR count). The number of likely N-dealkylation sites (tertiary alicyclic amines) is 1. The van der Waals surface area contributed by atoms with Gasteiger partial charge in [0.05, 0.1) is 4.92 Å². The Morgan fingerprint density at radius 2 is 2.15 bits per heavy atom. The van der Waals surface area contributed by atoms with Crippen LogP contribution in [0.3, 0.4) is 0 Å². The second kappa shape index (κ2) is 5.58. The summed E-state index contributed by atoms with van der Waals surface area (Å²) in [5, 5.41) is 10.9. The van der Waals surface area contributed by atoms with Crippen molar-refractivity contribution >= 4 is 11.6 Å². The lowest BCUT2D eigenvalue weighted by Gasteiger charge is -2.35. The number of rotatable bonds is 2. The minimum atomic E-state index is -0.474. The summed E-state index contributed by atoms with van der Waals surface area (Å²) in [7, 11) is 0. The average molecular weight is 277 g/mol. The molecule has 2 N–H and O–H groups in total. The van der Waals surface area contributed by atoms with Crippen molar-refractivity contribution in [1.29, 1.82) is 0 Å². The fourth-order valence-corrected chi connectivity index (χ4v) is 2.52. The molecule has 1 aromatic carbocycles. The maximum Gasteiger partial charge on any atom is 0.270 e. The standard InChI is InChI=1S/C14H19N3O3/c1-9-5-11(7-12(6-9)17(19)20)14(18)16-4-3-13(15)10(2)8-16/h5-7,10,13H,3-4,8,15H2,1-2H3. The molecule has 2 atom stereocenters. The molecule has 0 radical (unpaired) electrons. The van der Waals surface area contributed by atoms with E-state index in [9.17, 15) is 14.9 Å². The van der Waals surface area contributed by atoms with E-state index in [2.05, 4.69) is 0 Å². The number of piperidine rings is 1. The van der Waals surface area contributed by atoms with Crippen molar-refractivity contribution in [2.75, 3.05) is 13.1 Å². The molecule has 6 nitrogen and oxygen atoms in total. The summed E-state index contributed by atoms with van der Waals surface area (Å²) < 4.78 is 0. The van der Waals surface area contributed by atoms with Crippen LogP contribution in [0.2, 0.25) is 0 Å². The van der Waals surface area contributed by atoms with Gasteiger partial charge in [0.15, 0.2) is 0 Å². The highest BCUT2D eigenvalue weighted by Crippen LogP contribution is 2.21. The number of nitro benzene ring substituents is 1. The van der Waals surface area contributed by atoms with E-state index in [1.165, 1.54) is 12.1 Å². The van der Waals surface area contributed by atoms with E-state index in [0.29, 0.717) is 24.2 Å². The predicted octanol–water partition coefficient (Wildman–Crippen LogP) is 1.71. The van der Waals surface area contributed by atoms with Gasteiger partial charge in [0.2, 0.25) is 0 Å². The Morgan fingerprint density at radius 3 is 2.75 bits per heavy atom. The van der Waals surface area contributed by atoms with Gasteiger partial charge in [-0.3, -0.25) is 14.9 Å². The van der Waals surface area contributed by atoms with Crippen molar-refractivity contribution in [2.45, 2.75) is 26.3 Å². The van der Waals surface area contributed by atoms with E-state index in [0.717, 1.165) is 6.42 Å². The summed E-state index contributed by atoms with van der Waals surface area (Å²) in [5.41, 5.74) is 6.98. The molecule has 2 unspecified atom stereocenters. The van der Waals surface area contributed by atoms with Crippen LogP contribution in [-0.2, 0) is 0 Å². The fraction of sp³-hybridized carbons (Fsp3) is 0.500. The zero-order valence-electron chi connectivity index (χ0n) is 11.7. The van der Waals surface area contributed by atoms with Crippen molar-refractivity contribution in [3.63, 3.8) is 0 Å². The quantitative estimate of drug-likeness (QED) is 0.658. The van der Waals surface area contributed by atoms with Crippen LogP contribution >= 0.6 is 0 Å². The summed E-state index contributed by atoms with van der Waals surface area (Å²) in [6.45, 7) is 4.97. The number of hydrogen-bond acceptors (Lipinski definition) is 4. The van der Waals surface area contributed by atoms with Crippen molar-refractivity contribution in [3.05, 3.63) is 39.4 Å². The molecule has 0 saturated carbocycles. The van der Waals surface area contributed by atoms with Gasteiger partial charge in [-0.25, -0.2) is 0 Å². The molecule has 1 heterocycles. The Labute approximate surface area is 117 Å². The number of nitrogens with zero attached hydrogens (tertiary/aromatic N) is 2. The van der Waals surface area contributed by atoms with Gasteiger partial charge in [0.1, 0.15) is 0 Å². The molecule has 6 heteroatoms. The minimum Gasteiger partial charge on any atom is -0.338 e. The molecular weight excluding hydrogens is 258 g/mol. The first-order chi connectivity index (χ1) is 9.38. The van der Waals surface area contributed by atoms with Crippen molar-refractivity contribution in [1.82, 2.24) is 4.90 Å². The monoisotopic (exact) mass is 277 g/mol. The van der Waals surface area contributed by atoms with Gasteiger partial charge < -0.3 is 10.6 Å². The number of carbonyl (C=O) groups excluding carboxylic acids is 1. The number of carbonyl (C=O) groups is 1. The molecule has 0 bridgehead atoms. The first kappa shape index (κ1) is 14.5. The van der Waals surface area contributed by atoms with Crippen LogP contribution in [0, 0.1) is 23.0 Å². The Kier molecular flexibility index (Phi) is 4.04. The average Bonchev–Trinajstić information content (AvgIpc) is 2.40. The summed E-state index contributed by atoms with van der Waals surface area (Å²) in [6.07, 6.45) is 0.765. The van der Waals surface area contributed by atoms with E-state index >= 15 is 0 Å². The molecule has 0 aliphatic carbocycles. The van der Waals surface area contributed by atoms with Crippen LogP contribution in [-0.4, -0.2) is 34.9 Å². The highest BCUT2D eigenvalue weighted by atomic mass is 16.6. The highest BCUT2D eigenvalue weighted by molar-refractivity contribution is 5.95. The Morgan fingerprint density at radius 1 is 1.45 bits per heavy atom. The molecule has 1 aliphatic rings.